The summed E-state index contributed by atoms with van der Waals surface area (Å²) >= 11 is 5.92. The van der Waals surface area contributed by atoms with E-state index in [1.807, 2.05) is 0 Å². The normalized spacial score (nSPS) is 10.8. The van der Waals surface area contributed by atoms with Crippen LogP contribution in [0.5, 0.6) is 5.75 Å². The molecule has 3 rings (SSSR count). The van der Waals surface area contributed by atoms with E-state index in [4.69, 9.17) is 16.8 Å². The van der Waals surface area contributed by atoms with E-state index in [1.165, 1.54) is 12.1 Å². The van der Waals surface area contributed by atoms with Crippen LogP contribution in [0.3, 0.4) is 0 Å². The minimum absolute atomic E-state index is 0.0479. The number of carbonyl (C=O) groups is 1. The number of aromatic hydroxyl groups is 1. The van der Waals surface area contributed by atoms with Crippen molar-refractivity contribution in [2.24, 2.45) is 0 Å². The molecule has 0 bridgehead atoms. The van der Waals surface area contributed by atoms with E-state index in [2.05, 4.69) is 9.97 Å². The molecule has 1 amide bonds. The van der Waals surface area contributed by atoms with Gasteiger partial charge in [-0.2, -0.15) is 0 Å². The molecule has 0 aliphatic rings. The summed E-state index contributed by atoms with van der Waals surface area (Å²) in [5, 5.41) is 19.0. The Kier molecular flexibility index (Phi) is 3.25. The SMILES string of the molecule is O=C(NO)c1ccc2nc(-c3cc(Cl)ccc3O)[nH]c2c1. The lowest BCUT2D eigenvalue weighted by Crippen LogP contribution is -2.18. The highest BCUT2D eigenvalue weighted by atomic mass is 35.5. The molecule has 106 valence electrons. The van der Waals surface area contributed by atoms with Crippen LogP contribution in [0.1, 0.15) is 10.4 Å². The lowest BCUT2D eigenvalue weighted by Gasteiger charge is -2.01. The van der Waals surface area contributed by atoms with Gasteiger partial charge in [-0.1, -0.05) is 11.6 Å². The number of phenols is 1. The molecule has 0 saturated carbocycles. The zero-order chi connectivity index (χ0) is 15.0. The second-order valence-electron chi connectivity index (χ2n) is 4.42. The molecule has 0 spiro atoms. The van der Waals surface area contributed by atoms with Crippen molar-refractivity contribution in [2.75, 3.05) is 0 Å². The number of benzene rings is 2. The number of hydrogen-bond acceptors (Lipinski definition) is 4. The summed E-state index contributed by atoms with van der Waals surface area (Å²) in [4.78, 5) is 18.7. The van der Waals surface area contributed by atoms with Gasteiger partial charge in [-0.3, -0.25) is 10.0 Å². The molecule has 1 aromatic heterocycles. The molecule has 3 aromatic rings. The van der Waals surface area contributed by atoms with Crippen molar-refractivity contribution < 1.29 is 15.1 Å². The first kappa shape index (κ1) is 13.4. The van der Waals surface area contributed by atoms with Crippen molar-refractivity contribution in [3.8, 4) is 17.1 Å². The second kappa shape index (κ2) is 5.08. The fraction of sp³-hybridized carbons (Fsp3) is 0. The van der Waals surface area contributed by atoms with Gasteiger partial charge >= 0.3 is 0 Å². The van der Waals surface area contributed by atoms with Gasteiger partial charge in [0, 0.05) is 10.6 Å². The number of imidazole rings is 1. The summed E-state index contributed by atoms with van der Waals surface area (Å²) in [6.45, 7) is 0. The largest absolute Gasteiger partial charge is 0.507 e. The molecule has 0 atom stereocenters. The number of aromatic nitrogens is 2. The highest BCUT2D eigenvalue weighted by molar-refractivity contribution is 6.30. The Morgan fingerprint density at radius 2 is 2.05 bits per heavy atom. The van der Waals surface area contributed by atoms with E-state index in [-0.39, 0.29) is 11.3 Å². The molecular weight excluding hydrogens is 294 g/mol. The van der Waals surface area contributed by atoms with E-state index >= 15 is 0 Å². The van der Waals surface area contributed by atoms with Gasteiger partial charge in [0.25, 0.3) is 5.91 Å². The number of phenolic OH excluding ortho intramolecular Hbond substituents is 1. The van der Waals surface area contributed by atoms with Gasteiger partial charge in [-0.05, 0) is 36.4 Å². The first-order valence-corrected chi connectivity index (χ1v) is 6.39. The van der Waals surface area contributed by atoms with Crippen LogP contribution in [0.25, 0.3) is 22.4 Å². The average Bonchev–Trinajstić information content (AvgIpc) is 2.91. The van der Waals surface area contributed by atoms with Crippen LogP contribution in [0.4, 0.5) is 0 Å². The van der Waals surface area contributed by atoms with Gasteiger partial charge in [0.15, 0.2) is 0 Å². The van der Waals surface area contributed by atoms with Gasteiger partial charge in [0.05, 0.1) is 16.6 Å². The summed E-state index contributed by atoms with van der Waals surface area (Å²) in [6, 6.07) is 9.38. The number of amides is 1. The maximum Gasteiger partial charge on any atom is 0.274 e. The molecule has 2 aromatic carbocycles. The number of rotatable bonds is 2. The van der Waals surface area contributed by atoms with Crippen molar-refractivity contribution in [1.29, 1.82) is 0 Å². The number of carbonyl (C=O) groups excluding carboxylic acids is 1. The van der Waals surface area contributed by atoms with Crippen LogP contribution in [-0.4, -0.2) is 26.2 Å². The zero-order valence-electron chi connectivity index (χ0n) is 10.6. The van der Waals surface area contributed by atoms with E-state index in [1.54, 1.807) is 29.7 Å². The molecule has 0 aliphatic heterocycles. The molecule has 21 heavy (non-hydrogen) atoms. The van der Waals surface area contributed by atoms with Gasteiger partial charge in [0.1, 0.15) is 11.6 Å². The van der Waals surface area contributed by atoms with Crippen LogP contribution >= 0.6 is 11.6 Å². The van der Waals surface area contributed by atoms with Crippen molar-refractivity contribution in [2.45, 2.75) is 0 Å². The van der Waals surface area contributed by atoms with Gasteiger partial charge in [-0.25, -0.2) is 10.5 Å². The number of halogens is 1. The second-order valence-corrected chi connectivity index (χ2v) is 4.86. The topological polar surface area (TPSA) is 98.2 Å². The first-order chi connectivity index (χ1) is 10.1. The van der Waals surface area contributed by atoms with Gasteiger partial charge < -0.3 is 10.1 Å². The number of H-pyrrole nitrogens is 1. The molecular formula is C14H10ClN3O3. The molecule has 1 heterocycles. The van der Waals surface area contributed by atoms with Crippen LogP contribution in [-0.2, 0) is 0 Å². The Labute approximate surface area is 124 Å². The Bertz CT molecular complexity index is 845. The molecule has 0 radical (unpaired) electrons. The molecule has 4 N–H and O–H groups in total. The average molecular weight is 304 g/mol. The van der Waals surface area contributed by atoms with Crippen LogP contribution in [0.15, 0.2) is 36.4 Å². The Balaban J connectivity index is 2.13. The smallest absolute Gasteiger partial charge is 0.274 e. The summed E-state index contributed by atoms with van der Waals surface area (Å²) in [7, 11) is 0. The van der Waals surface area contributed by atoms with Crippen molar-refractivity contribution in [1.82, 2.24) is 15.4 Å². The predicted molar refractivity (Wildman–Crippen MR) is 77.5 cm³/mol. The highest BCUT2D eigenvalue weighted by Crippen LogP contribution is 2.31. The van der Waals surface area contributed by atoms with Crippen LogP contribution in [0, 0.1) is 0 Å². The third-order valence-corrected chi connectivity index (χ3v) is 3.29. The number of hydrogen-bond donors (Lipinski definition) is 4. The predicted octanol–water partition coefficient (Wildman–Crippen LogP) is 2.71. The number of hydroxylamine groups is 1. The van der Waals surface area contributed by atoms with Gasteiger partial charge in [-0.15, -0.1) is 0 Å². The molecule has 7 heteroatoms. The maximum atomic E-state index is 11.4. The Hall–Kier alpha value is -2.57. The molecule has 0 aliphatic carbocycles. The molecule has 0 unspecified atom stereocenters. The fourth-order valence-electron chi connectivity index (χ4n) is 2.04. The van der Waals surface area contributed by atoms with Crippen LogP contribution in [0.2, 0.25) is 5.02 Å². The van der Waals surface area contributed by atoms with E-state index in [0.717, 1.165) is 0 Å². The van der Waals surface area contributed by atoms with E-state index < -0.39 is 5.91 Å². The number of nitrogens with one attached hydrogen (secondary N) is 2. The summed E-state index contributed by atoms with van der Waals surface area (Å²) < 4.78 is 0. The molecule has 6 nitrogen and oxygen atoms in total. The van der Waals surface area contributed by atoms with Crippen molar-refractivity contribution >= 4 is 28.5 Å². The molecule has 0 saturated heterocycles. The maximum absolute atomic E-state index is 11.4. The Morgan fingerprint density at radius 1 is 1.24 bits per heavy atom. The minimum Gasteiger partial charge on any atom is -0.507 e. The van der Waals surface area contributed by atoms with E-state index in [9.17, 15) is 9.90 Å². The monoisotopic (exact) mass is 303 g/mol. The Morgan fingerprint density at radius 3 is 2.81 bits per heavy atom. The lowest BCUT2D eigenvalue weighted by molar-refractivity contribution is 0.0706. The highest BCUT2D eigenvalue weighted by Gasteiger charge is 2.12. The minimum atomic E-state index is -0.612. The van der Waals surface area contributed by atoms with Crippen molar-refractivity contribution in [3.05, 3.63) is 47.0 Å². The fourth-order valence-corrected chi connectivity index (χ4v) is 2.21. The van der Waals surface area contributed by atoms with Crippen LogP contribution < -0.4 is 5.48 Å². The zero-order valence-corrected chi connectivity index (χ0v) is 11.3. The number of nitrogens with zero attached hydrogens (tertiary/aromatic N) is 1. The van der Waals surface area contributed by atoms with E-state index in [0.29, 0.717) is 27.4 Å². The van der Waals surface area contributed by atoms with Crippen molar-refractivity contribution in [3.63, 3.8) is 0 Å². The standard InChI is InChI=1S/C14H10ClN3O3/c15-8-2-4-12(19)9(6-8)13-16-10-3-1-7(14(20)18-21)5-11(10)17-13/h1-6,19,21H,(H,16,17)(H,18,20). The summed E-state index contributed by atoms with van der Waals surface area (Å²) in [5.41, 5.74) is 3.55. The summed E-state index contributed by atoms with van der Waals surface area (Å²) in [6.07, 6.45) is 0. The summed E-state index contributed by atoms with van der Waals surface area (Å²) in [5.74, 6) is -0.128. The number of aromatic amines is 1. The quantitative estimate of drug-likeness (QED) is 0.432. The third-order valence-electron chi connectivity index (χ3n) is 3.06. The first-order valence-electron chi connectivity index (χ1n) is 6.01. The number of fused-ring (bicyclic) bond motifs is 1. The third kappa shape index (κ3) is 2.42. The lowest BCUT2D eigenvalue weighted by atomic mass is 10.2. The molecule has 0 fully saturated rings. The van der Waals surface area contributed by atoms with Gasteiger partial charge in [0.2, 0.25) is 0 Å².